The number of hydrogen-bond donors (Lipinski definition) is 3. The molecule has 0 saturated heterocycles. The number of para-hydroxylation sites is 1. The van der Waals surface area contributed by atoms with Crippen LogP contribution < -0.4 is 11.1 Å². The van der Waals surface area contributed by atoms with E-state index in [-0.39, 0.29) is 28.5 Å². The number of aromatic amines is 1. The van der Waals surface area contributed by atoms with E-state index in [1.54, 1.807) is 24.3 Å². The number of nitrogens with one attached hydrogen (secondary N) is 2. The summed E-state index contributed by atoms with van der Waals surface area (Å²) in [5.74, 6) is -0.568. The maximum absolute atomic E-state index is 12.8. The lowest BCUT2D eigenvalue weighted by Gasteiger charge is -2.12. The van der Waals surface area contributed by atoms with Crippen molar-refractivity contribution in [3.63, 3.8) is 0 Å². The van der Waals surface area contributed by atoms with E-state index in [2.05, 4.69) is 15.5 Å². The fraction of sp³-hybridized carbons (Fsp3) is 0.222. The molecule has 2 aromatic rings. The van der Waals surface area contributed by atoms with Crippen molar-refractivity contribution in [3.8, 4) is 0 Å². The molecule has 1 aromatic carbocycles. The first-order valence-corrected chi connectivity index (χ1v) is 9.18. The number of H-pyrrole nitrogens is 1. The first-order chi connectivity index (χ1) is 12.6. The smallest absolute Gasteiger partial charge is 0.276 e. The molecule has 0 unspecified atom stereocenters. The zero-order chi connectivity index (χ0) is 18.5. The third-order valence-electron chi connectivity index (χ3n) is 3.83. The Hall–Kier alpha value is -2.71. The minimum absolute atomic E-state index is 0.0345. The van der Waals surface area contributed by atoms with Crippen LogP contribution in [0.4, 0.5) is 5.69 Å². The lowest BCUT2D eigenvalue weighted by molar-refractivity contribution is 0.0979. The Balaban J connectivity index is 1.80. The number of hydrogen-bond acceptors (Lipinski definition) is 6. The summed E-state index contributed by atoms with van der Waals surface area (Å²) in [5.41, 5.74) is 6.06. The summed E-state index contributed by atoms with van der Waals surface area (Å²) < 4.78 is 0. The van der Waals surface area contributed by atoms with Crippen molar-refractivity contribution in [2.45, 2.75) is 12.8 Å². The van der Waals surface area contributed by atoms with Crippen molar-refractivity contribution in [1.29, 1.82) is 0 Å². The van der Waals surface area contributed by atoms with Gasteiger partial charge in [-0.05, 0) is 37.3 Å². The Kier molecular flexibility index (Phi) is 5.65. The van der Waals surface area contributed by atoms with Crippen LogP contribution in [-0.2, 0) is 0 Å². The van der Waals surface area contributed by atoms with Crippen LogP contribution in [0.5, 0.6) is 0 Å². The molecule has 1 heterocycles. The van der Waals surface area contributed by atoms with Gasteiger partial charge >= 0.3 is 0 Å². The lowest BCUT2D eigenvalue weighted by atomic mass is 9.99. The quantitative estimate of drug-likeness (QED) is 0.644. The van der Waals surface area contributed by atoms with Gasteiger partial charge in [0.25, 0.3) is 5.91 Å². The Morgan fingerprint density at radius 1 is 1.19 bits per heavy atom. The van der Waals surface area contributed by atoms with Crippen molar-refractivity contribution in [3.05, 3.63) is 58.3 Å². The van der Waals surface area contributed by atoms with Gasteiger partial charge in [-0.2, -0.15) is 5.10 Å². The van der Waals surface area contributed by atoms with Crippen molar-refractivity contribution in [2.75, 3.05) is 17.6 Å². The average Bonchev–Trinajstić information content (AvgIpc) is 3.09. The molecule has 0 saturated carbocycles. The Morgan fingerprint density at radius 3 is 2.69 bits per heavy atom. The second-order valence-corrected chi connectivity index (χ2v) is 6.83. The largest absolute Gasteiger partial charge is 0.330 e. The van der Waals surface area contributed by atoms with E-state index in [4.69, 9.17) is 5.73 Å². The van der Waals surface area contributed by atoms with Gasteiger partial charge < -0.3 is 11.1 Å². The van der Waals surface area contributed by atoms with Crippen LogP contribution >= 0.6 is 11.8 Å². The topological polar surface area (TPSA) is 118 Å². The number of nitrogens with two attached hydrogens (primary N) is 1. The van der Waals surface area contributed by atoms with E-state index in [9.17, 15) is 14.4 Å². The normalized spacial score (nSPS) is 13.3. The lowest BCUT2D eigenvalue weighted by Crippen LogP contribution is -2.20. The van der Waals surface area contributed by atoms with E-state index >= 15 is 0 Å². The zero-order valence-electron chi connectivity index (χ0n) is 14.0. The van der Waals surface area contributed by atoms with Gasteiger partial charge in [0.05, 0.1) is 10.5 Å². The van der Waals surface area contributed by atoms with Crippen LogP contribution in [-0.4, -0.2) is 40.0 Å². The number of fused-ring (bicyclic) bond motifs is 1. The van der Waals surface area contributed by atoms with E-state index in [0.717, 1.165) is 12.8 Å². The van der Waals surface area contributed by atoms with E-state index in [1.807, 2.05) is 6.07 Å². The molecule has 0 radical (unpaired) electrons. The summed E-state index contributed by atoms with van der Waals surface area (Å²) in [5, 5.41) is 9.10. The fourth-order valence-corrected chi connectivity index (χ4v) is 3.53. The summed E-state index contributed by atoms with van der Waals surface area (Å²) in [6.07, 6.45) is 3.00. The first kappa shape index (κ1) is 18.1. The Morgan fingerprint density at radius 2 is 1.96 bits per heavy atom. The second-order valence-electron chi connectivity index (χ2n) is 5.69. The van der Waals surface area contributed by atoms with Crippen LogP contribution in [0.15, 0.2) is 41.3 Å². The monoisotopic (exact) mass is 370 g/mol. The summed E-state index contributed by atoms with van der Waals surface area (Å²) >= 11 is 1.30. The van der Waals surface area contributed by atoms with Gasteiger partial charge in [-0.3, -0.25) is 19.5 Å². The maximum atomic E-state index is 12.8. The van der Waals surface area contributed by atoms with Gasteiger partial charge in [0.1, 0.15) is 5.69 Å². The van der Waals surface area contributed by atoms with Gasteiger partial charge in [-0.1, -0.05) is 18.2 Å². The van der Waals surface area contributed by atoms with Gasteiger partial charge in [-0.15, -0.1) is 11.8 Å². The Labute approximate surface area is 154 Å². The molecule has 1 aromatic heterocycles. The summed E-state index contributed by atoms with van der Waals surface area (Å²) in [7, 11) is 0. The number of amides is 1. The number of Topliss-reactive ketones (excluding diaryl/α,β-unsaturated/α-hetero) is 1. The molecule has 0 fully saturated rings. The fourth-order valence-electron chi connectivity index (χ4n) is 2.53. The molecule has 0 aliphatic heterocycles. The third-order valence-corrected chi connectivity index (χ3v) is 4.94. The van der Waals surface area contributed by atoms with Gasteiger partial charge in [0.15, 0.2) is 5.69 Å². The Bertz CT molecular complexity index is 874. The van der Waals surface area contributed by atoms with Crippen molar-refractivity contribution in [2.24, 2.45) is 5.73 Å². The van der Waals surface area contributed by atoms with Crippen LogP contribution in [0.2, 0.25) is 0 Å². The van der Waals surface area contributed by atoms with Crippen LogP contribution in [0.3, 0.4) is 0 Å². The number of nitrogens with zero attached hydrogens (tertiary/aromatic N) is 1. The molecule has 4 N–H and O–H groups in total. The molecule has 26 heavy (non-hydrogen) atoms. The second kappa shape index (κ2) is 8.11. The third kappa shape index (κ3) is 3.76. The molecule has 8 heteroatoms. The van der Waals surface area contributed by atoms with E-state index in [1.165, 1.54) is 17.8 Å². The van der Waals surface area contributed by atoms with Gasteiger partial charge in [0.2, 0.25) is 11.6 Å². The molecule has 1 aliphatic carbocycles. The maximum Gasteiger partial charge on any atom is 0.276 e. The minimum atomic E-state index is -0.538. The highest BCUT2D eigenvalue weighted by atomic mass is 32.2. The number of benzene rings is 1. The highest BCUT2D eigenvalue weighted by Gasteiger charge is 2.33. The van der Waals surface area contributed by atoms with Crippen LogP contribution in [0.25, 0.3) is 0 Å². The number of thioether (sulfide) groups is 1. The summed E-state index contributed by atoms with van der Waals surface area (Å²) in [6.45, 7) is 0.585. The van der Waals surface area contributed by atoms with Crippen LogP contribution in [0.1, 0.15) is 44.2 Å². The average molecular weight is 370 g/mol. The molecular weight excluding hydrogens is 352 g/mol. The van der Waals surface area contributed by atoms with Crippen molar-refractivity contribution >= 4 is 34.9 Å². The summed E-state index contributed by atoms with van der Waals surface area (Å²) in [4.78, 5) is 37.9. The van der Waals surface area contributed by atoms with Gasteiger partial charge in [0, 0.05) is 11.8 Å². The van der Waals surface area contributed by atoms with E-state index < -0.39 is 5.91 Å². The molecule has 1 aliphatic rings. The zero-order valence-corrected chi connectivity index (χ0v) is 14.8. The number of ketones is 2. The molecule has 3 rings (SSSR count). The molecular formula is C18H18N4O3S. The number of anilines is 1. The minimum Gasteiger partial charge on any atom is -0.330 e. The number of carbonyl (C=O) groups excluding carboxylic acids is 3. The number of rotatable bonds is 7. The van der Waals surface area contributed by atoms with E-state index in [0.29, 0.717) is 22.9 Å². The predicted molar refractivity (Wildman–Crippen MR) is 100 cm³/mol. The standard InChI is InChI=1S/C18H18N4O3S/c19-8-4-5-9-26-13-10-12(23)15-14(17(13)24)16(22-21-15)18(25)20-11-6-2-1-3-7-11/h1-3,6-7,10H,4-5,8-9,19H2,(H,20,25)(H,21,22). The van der Waals surface area contributed by atoms with Gasteiger partial charge in [-0.25, -0.2) is 0 Å². The highest BCUT2D eigenvalue weighted by Crippen LogP contribution is 2.30. The highest BCUT2D eigenvalue weighted by molar-refractivity contribution is 8.04. The first-order valence-electron chi connectivity index (χ1n) is 8.20. The van der Waals surface area contributed by atoms with Crippen molar-refractivity contribution < 1.29 is 14.4 Å². The molecule has 0 atom stereocenters. The number of allylic oxidation sites excluding steroid dienone is 2. The molecule has 0 spiro atoms. The predicted octanol–water partition coefficient (Wildman–Crippen LogP) is 2.40. The molecule has 0 bridgehead atoms. The molecule has 7 nitrogen and oxygen atoms in total. The number of aromatic nitrogens is 2. The van der Waals surface area contributed by atoms with Crippen molar-refractivity contribution in [1.82, 2.24) is 10.2 Å². The number of carbonyl (C=O) groups is 3. The SMILES string of the molecule is NCCCCSC1=CC(=O)c2[nH]nc(C(=O)Nc3ccccc3)c2C1=O. The summed E-state index contributed by atoms with van der Waals surface area (Å²) in [6, 6.07) is 8.84. The van der Waals surface area contributed by atoms with Crippen LogP contribution in [0, 0.1) is 0 Å². The molecule has 1 amide bonds. The molecule has 134 valence electrons. The number of unbranched alkanes of at least 4 members (excludes halogenated alkanes) is 1.